The van der Waals surface area contributed by atoms with Crippen molar-refractivity contribution in [3.63, 3.8) is 0 Å². The zero-order chi connectivity index (χ0) is 17.5. The van der Waals surface area contributed by atoms with E-state index in [0.717, 1.165) is 12.8 Å². The lowest BCUT2D eigenvalue weighted by atomic mass is 9.70. The molecule has 1 aliphatic rings. The van der Waals surface area contributed by atoms with Crippen molar-refractivity contribution in [3.8, 4) is 0 Å². The highest BCUT2D eigenvalue weighted by Gasteiger charge is 2.35. The van der Waals surface area contributed by atoms with E-state index in [2.05, 4.69) is 26.1 Å². The maximum atomic E-state index is 12.5. The zero-order valence-electron chi connectivity index (χ0n) is 15.0. The van der Waals surface area contributed by atoms with Crippen molar-refractivity contribution in [1.82, 2.24) is 5.32 Å². The Bertz CT molecular complexity index is 541. The number of benzene rings is 1. The maximum absolute atomic E-state index is 12.5. The second-order valence-electron chi connectivity index (χ2n) is 7.23. The minimum Gasteiger partial charge on any atom is -0.460 e. The molecule has 2 rings (SSSR count). The number of hydrogen-bond acceptors (Lipinski definition) is 3. The molecule has 1 N–H and O–H groups in total. The quantitative estimate of drug-likeness (QED) is 0.639. The standard InChI is InChI=1S/C20H29NO3/c1-14(2)17-10-9-15(3)13-18(17)19(22)21-11-12-24-20(23)16-7-5-4-6-8-16/h4-8,14-15,17-18H,9-13H2,1-3H3,(H,21,22)/t15?,17-,18+/m0/s1. The van der Waals surface area contributed by atoms with Crippen LogP contribution in [0.25, 0.3) is 0 Å². The second-order valence-corrected chi connectivity index (χ2v) is 7.23. The van der Waals surface area contributed by atoms with Gasteiger partial charge in [-0.3, -0.25) is 4.79 Å². The first-order valence-corrected chi connectivity index (χ1v) is 8.99. The Labute approximate surface area is 145 Å². The number of amides is 1. The van der Waals surface area contributed by atoms with Crippen molar-refractivity contribution in [3.05, 3.63) is 35.9 Å². The van der Waals surface area contributed by atoms with Gasteiger partial charge in [-0.1, -0.05) is 45.4 Å². The summed E-state index contributed by atoms with van der Waals surface area (Å²) in [6, 6.07) is 8.89. The molecule has 0 aromatic heterocycles. The Kier molecular flexibility index (Phi) is 6.83. The lowest BCUT2D eigenvalue weighted by molar-refractivity contribution is -0.129. The number of carbonyl (C=O) groups excluding carboxylic acids is 2. The predicted molar refractivity (Wildman–Crippen MR) is 94.6 cm³/mol. The second kappa shape index (κ2) is 8.86. The molecular formula is C20H29NO3. The normalized spacial score (nSPS) is 23.8. The third-order valence-electron chi connectivity index (χ3n) is 5.00. The Balaban J connectivity index is 1.76. The molecule has 1 aromatic rings. The number of hydrogen-bond donors (Lipinski definition) is 1. The van der Waals surface area contributed by atoms with Crippen LogP contribution in [-0.2, 0) is 9.53 Å². The van der Waals surface area contributed by atoms with Crippen LogP contribution >= 0.6 is 0 Å². The minimum absolute atomic E-state index is 0.0820. The first kappa shape index (κ1) is 18.5. The van der Waals surface area contributed by atoms with Crippen molar-refractivity contribution < 1.29 is 14.3 Å². The van der Waals surface area contributed by atoms with Crippen molar-refractivity contribution in [1.29, 1.82) is 0 Å². The van der Waals surface area contributed by atoms with Crippen LogP contribution in [0.4, 0.5) is 0 Å². The van der Waals surface area contributed by atoms with Crippen LogP contribution in [0.5, 0.6) is 0 Å². The summed E-state index contributed by atoms with van der Waals surface area (Å²) in [4.78, 5) is 24.4. The fourth-order valence-electron chi connectivity index (χ4n) is 3.61. The molecule has 24 heavy (non-hydrogen) atoms. The molecule has 0 aliphatic heterocycles. The average Bonchev–Trinajstić information content (AvgIpc) is 2.58. The fourth-order valence-corrected chi connectivity index (χ4v) is 3.61. The van der Waals surface area contributed by atoms with Gasteiger partial charge in [0, 0.05) is 5.92 Å². The highest BCUT2D eigenvalue weighted by molar-refractivity contribution is 5.89. The van der Waals surface area contributed by atoms with Crippen LogP contribution in [0.3, 0.4) is 0 Å². The Morgan fingerprint density at radius 1 is 1.21 bits per heavy atom. The molecule has 1 saturated carbocycles. The van der Waals surface area contributed by atoms with E-state index in [1.54, 1.807) is 24.3 Å². The summed E-state index contributed by atoms with van der Waals surface area (Å²) in [5, 5.41) is 2.95. The summed E-state index contributed by atoms with van der Waals surface area (Å²) in [6.07, 6.45) is 3.29. The lowest BCUT2D eigenvalue weighted by Crippen LogP contribution is -2.41. The van der Waals surface area contributed by atoms with Gasteiger partial charge in [0.05, 0.1) is 12.1 Å². The molecule has 4 nitrogen and oxygen atoms in total. The van der Waals surface area contributed by atoms with Gasteiger partial charge in [-0.2, -0.15) is 0 Å². The van der Waals surface area contributed by atoms with Gasteiger partial charge in [-0.05, 0) is 42.7 Å². The summed E-state index contributed by atoms with van der Waals surface area (Å²) >= 11 is 0. The molecule has 1 unspecified atom stereocenters. The highest BCUT2D eigenvalue weighted by Crippen LogP contribution is 2.37. The summed E-state index contributed by atoms with van der Waals surface area (Å²) in [6.45, 7) is 7.19. The third-order valence-corrected chi connectivity index (χ3v) is 5.00. The van der Waals surface area contributed by atoms with Gasteiger partial charge < -0.3 is 10.1 Å². The molecule has 3 atom stereocenters. The first-order chi connectivity index (χ1) is 11.5. The van der Waals surface area contributed by atoms with Crippen molar-refractivity contribution in [2.75, 3.05) is 13.2 Å². The van der Waals surface area contributed by atoms with E-state index in [-0.39, 0.29) is 24.4 Å². The van der Waals surface area contributed by atoms with Gasteiger partial charge in [0.1, 0.15) is 6.61 Å². The van der Waals surface area contributed by atoms with Gasteiger partial charge in [0.25, 0.3) is 0 Å². The molecule has 1 fully saturated rings. The molecule has 1 amide bonds. The smallest absolute Gasteiger partial charge is 0.338 e. The first-order valence-electron chi connectivity index (χ1n) is 8.99. The molecule has 0 heterocycles. The molecule has 132 valence electrons. The number of esters is 1. The summed E-state index contributed by atoms with van der Waals surface area (Å²) in [7, 11) is 0. The molecular weight excluding hydrogens is 302 g/mol. The van der Waals surface area contributed by atoms with E-state index < -0.39 is 0 Å². The zero-order valence-corrected chi connectivity index (χ0v) is 15.0. The van der Waals surface area contributed by atoms with Gasteiger partial charge in [-0.15, -0.1) is 0 Å². The molecule has 1 aromatic carbocycles. The van der Waals surface area contributed by atoms with E-state index >= 15 is 0 Å². The molecule has 0 bridgehead atoms. The number of ether oxygens (including phenoxy) is 1. The predicted octanol–water partition coefficient (Wildman–Crippen LogP) is 3.67. The van der Waals surface area contributed by atoms with Crippen molar-refractivity contribution in [2.45, 2.75) is 40.0 Å². The van der Waals surface area contributed by atoms with Crippen LogP contribution in [0.2, 0.25) is 0 Å². The molecule has 4 heteroatoms. The minimum atomic E-state index is -0.351. The van der Waals surface area contributed by atoms with Crippen LogP contribution in [0, 0.1) is 23.7 Å². The summed E-state index contributed by atoms with van der Waals surface area (Å²) in [5.41, 5.74) is 0.532. The van der Waals surface area contributed by atoms with E-state index in [0.29, 0.717) is 29.9 Å². The average molecular weight is 331 g/mol. The number of rotatable bonds is 6. The van der Waals surface area contributed by atoms with E-state index in [1.165, 1.54) is 6.42 Å². The van der Waals surface area contributed by atoms with Crippen LogP contribution in [0.1, 0.15) is 50.4 Å². The third kappa shape index (κ3) is 5.08. The molecule has 0 spiro atoms. The van der Waals surface area contributed by atoms with Crippen LogP contribution in [0.15, 0.2) is 30.3 Å². The summed E-state index contributed by atoms with van der Waals surface area (Å²) in [5.74, 6) is 1.41. The van der Waals surface area contributed by atoms with Crippen molar-refractivity contribution in [2.24, 2.45) is 23.7 Å². The van der Waals surface area contributed by atoms with Crippen molar-refractivity contribution >= 4 is 11.9 Å². The maximum Gasteiger partial charge on any atom is 0.338 e. The largest absolute Gasteiger partial charge is 0.460 e. The molecule has 0 radical (unpaired) electrons. The van der Waals surface area contributed by atoms with E-state index in [9.17, 15) is 9.59 Å². The Morgan fingerprint density at radius 2 is 1.92 bits per heavy atom. The SMILES string of the molecule is CC1CC[C@@H](C(C)C)[C@H](C(=O)NCCOC(=O)c2ccccc2)C1. The Morgan fingerprint density at radius 3 is 2.58 bits per heavy atom. The van der Waals surface area contributed by atoms with E-state index in [1.807, 2.05) is 6.07 Å². The number of carbonyl (C=O) groups is 2. The topological polar surface area (TPSA) is 55.4 Å². The monoisotopic (exact) mass is 331 g/mol. The van der Waals surface area contributed by atoms with Gasteiger partial charge >= 0.3 is 5.97 Å². The highest BCUT2D eigenvalue weighted by atomic mass is 16.5. The van der Waals surface area contributed by atoms with Gasteiger partial charge in [0.15, 0.2) is 0 Å². The summed E-state index contributed by atoms with van der Waals surface area (Å²) < 4.78 is 5.21. The van der Waals surface area contributed by atoms with Gasteiger partial charge in [-0.25, -0.2) is 4.79 Å². The fraction of sp³-hybridized carbons (Fsp3) is 0.600. The molecule has 0 saturated heterocycles. The van der Waals surface area contributed by atoms with Gasteiger partial charge in [0.2, 0.25) is 5.91 Å². The molecule has 1 aliphatic carbocycles. The Hall–Kier alpha value is -1.84. The number of nitrogens with one attached hydrogen (secondary N) is 1. The van der Waals surface area contributed by atoms with Crippen LogP contribution in [-0.4, -0.2) is 25.0 Å². The lowest BCUT2D eigenvalue weighted by Gasteiger charge is -2.36. The van der Waals surface area contributed by atoms with Crippen LogP contribution < -0.4 is 5.32 Å². The van der Waals surface area contributed by atoms with E-state index in [4.69, 9.17) is 4.74 Å².